The Morgan fingerprint density at radius 3 is 2.72 bits per heavy atom. The molecule has 0 bridgehead atoms. The van der Waals surface area contributed by atoms with Crippen molar-refractivity contribution in [1.29, 1.82) is 0 Å². The van der Waals surface area contributed by atoms with Crippen LogP contribution in [0.1, 0.15) is 51.0 Å². The molecule has 1 aromatic rings. The lowest BCUT2D eigenvalue weighted by atomic mass is 10.1. The van der Waals surface area contributed by atoms with E-state index in [-0.39, 0.29) is 23.9 Å². The number of nitrogens with zero attached hydrogens (tertiary/aromatic N) is 1. The standard InChI is InChI=1S/C23H35N3O2S/c1-3-20(24-2)22(27)25-21-11-7-10-18-12-13-19(26(18)23(21)28)16-29-15-14-17-8-5-4-6-9-17/h4-6,8-9,18-21,24H,3,7,10-16H2,1-2H3,(H,25,27)/t18-,19-,20?,21-/m0/s1. The van der Waals surface area contributed by atoms with E-state index in [4.69, 9.17) is 0 Å². The first-order valence-electron chi connectivity index (χ1n) is 11.1. The van der Waals surface area contributed by atoms with Crippen molar-refractivity contribution in [2.75, 3.05) is 18.6 Å². The molecule has 4 atom stereocenters. The number of hydrogen-bond acceptors (Lipinski definition) is 4. The van der Waals surface area contributed by atoms with Gasteiger partial charge in [-0.25, -0.2) is 0 Å². The summed E-state index contributed by atoms with van der Waals surface area (Å²) in [6, 6.07) is 10.6. The molecule has 2 amide bonds. The normalized spacial score (nSPS) is 25.4. The van der Waals surface area contributed by atoms with Crippen LogP contribution in [0, 0.1) is 0 Å². The predicted molar refractivity (Wildman–Crippen MR) is 120 cm³/mol. The average Bonchev–Trinajstić information content (AvgIpc) is 3.07. The Hall–Kier alpha value is -1.53. The fourth-order valence-electron chi connectivity index (χ4n) is 4.61. The van der Waals surface area contributed by atoms with Crippen molar-refractivity contribution >= 4 is 23.6 Å². The van der Waals surface area contributed by atoms with Gasteiger partial charge in [-0.2, -0.15) is 11.8 Å². The van der Waals surface area contributed by atoms with Gasteiger partial charge in [-0.15, -0.1) is 0 Å². The maximum Gasteiger partial charge on any atom is 0.245 e. The number of nitrogens with one attached hydrogen (secondary N) is 2. The molecule has 1 aromatic carbocycles. The number of aryl methyl sites for hydroxylation is 1. The molecule has 2 N–H and O–H groups in total. The van der Waals surface area contributed by atoms with E-state index < -0.39 is 0 Å². The molecule has 2 fully saturated rings. The van der Waals surface area contributed by atoms with Crippen LogP contribution in [0.15, 0.2) is 30.3 Å². The highest BCUT2D eigenvalue weighted by atomic mass is 32.2. The molecule has 0 spiro atoms. The van der Waals surface area contributed by atoms with Crippen molar-refractivity contribution in [2.24, 2.45) is 0 Å². The van der Waals surface area contributed by atoms with E-state index in [9.17, 15) is 9.59 Å². The van der Waals surface area contributed by atoms with Gasteiger partial charge in [0.05, 0.1) is 6.04 Å². The zero-order valence-electron chi connectivity index (χ0n) is 17.7. The Kier molecular flexibility index (Phi) is 8.42. The Morgan fingerprint density at radius 1 is 1.21 bits per heavy atom. The number of fused-ring (bicyclic) bond motifs is 1. The van der Waals surface area contributed by atoms with Crippen LogP contribution in [0.4, 0.5) is 0 Å². The number of hydrogen-bond donors (Lipinski definition) is 2. The number of carbonyl (C=O) groups excluding carboxylic acids is 2. The molecule has 2 aliphatic rings. The zero-order valence-corrected chi connectivity index (χ0v) is 18.5. The van der Waals surface area contributed by atoms with Crippen LogP contribution in [0.3, 0.4) is 0 Å². The minimum Gasteiger partial charge on any atom is -0.343 e. The first-order valence-corrected chi connectivity index (χ1v) is 12.2. The molecule has 1 unspecified atom stereocenters. The maximum absolute atomic E-state index is 13.3. The smallest absolute Gasteiger partial charge is 0.245 e. The van der Waals surface area contributed by atoms with Gasteiger partial charge in [0.25, 0.3) is 0 Å². The van der Waals surface area contributed by atoms with Crippen LogP contribution in [-0.4, -0.2) is 59.4 Å². The van der Waals surface area contributed by atoms with E-state index in [1.54, 1.807) is 7.05 Å². The second kappa shape index (κ2) is 11.0. The summed E-state index contributed by atoms with van der Waals surface area (Å²) in [5, 5.41) is 6.07. The second-order valence-corrected chi connectivity index (χ2v) is 9.33. The molecule has 2 aliphatic heterocycles. The monoisotopic (exact) mass is 417 g/mol. The molecule has 29 heavy (non-hydrogen) atoms. The lowest BCUT2D eigenvalue weighted by Crippen LogP contribution is -2.54. The van der Waals surface area contributed by atoms with Gasteiger partial charge in [-0.1, -0.05) is 37.3 Å². The van der Waals surface area contributed by atoms with Gasteiger partial charge in [-0.05, 0) is 63.3 Å². The van der Waals surface area contributed by atoms with E-state index in [2.05, 4.69) is 45.9 Å². The van der Waals surface area contributed by atoms with Crippen molar-refractivity contribution in [1.82, 2.24) is 15.5 Å². The molecule has 0 radical (unpaired) electrons. The van der Waals surface area contributed by atoms with Crippen LogP contribution < -0.4 is 10.6 Å². The molecular formula is C23H35N3O2S. The summed E-state index contributed by atoms with van der Waals surface area (Å²) in [5.74, 6) is 2.15. The molecule has 160 valence electrons. The van der Waals surface area contributed by atoms with E-state index in [1.807, 2.05) is 18.7 Å². The number of amides is 2. The lowest BCUT2D eigenvalue weighted by molar-refractivity contribution is -0.138. The first-order chi connectivity index (χ1) is 14.1. The predicted octanol–water partition coefficient (Wildman–Crippen LogP) is 2.99. The third-order valence-electron chi connectivity index (χ3n) is 6.28. The van der Waals surface area contributed by atoms with Crippen LogP contribution in [0.5, 0.6) is 0 Å². The second-order valence-electron chi connectivity index (χ2n) is 8.18. The van der Waals surface area contributed by atoms with Crippen LogP contribution >= 0.6 is 11.8 Å². The highest BCUT2D eigenvalue weighted by Crippen LogP contribution is 2.33. The van der Waals surface area contributed by atoms with Crippen molar-refractivity contribution in [3.05, 3.63) is 35.9 Å². The van der Waals surface area contributed by atoms with Crippen LogP contribution in [-0.2, 0) is 16.0 Å². The fraction of sp³-hybridized carbons (Fsp3) is 0.652. The molecule has 2 heterocycles. The molecule has 3 rings (SSSR count). The van der Waals surface area contributed by atoms with E-state index in [1.165, 1.54) is 5.56 Å². The quantitative estimate of drug-likeness (QED) is 0.607. The molecule has 0 saturated carbocycles. The van der Waals surface area contributed by atoms with Crippen molar-refractivity contribution in [3.8, 4) is 0 Å². The number of carbonyl (C=O) groups is 2. The van der Waals surface area contributed by atoms with Gasteiger partial charge in [0, 0.05) is 17.8 Å². The summed E-state index contributed by atoms with van der Waals surface area (Å²) >= 11 is 1.95. The summed E-state index contributed by atoms with van der Waals surface area (Å²) in [6.45, 7) is 1.98. The third kappa shape index (κ3) is 5.76. The summed E-state index contributed by atoms with van der Waals surface area (Å²) in [7, 11) is 1.79. The topological polar surface area (TPSA) is 61.4 Å². The van der Waals surface area contributed by atoms with E-state index in [0.717, 1.165) is 56.5 Å². The Morgan fingerprint density at radius 2 is 2.00 bits per heavy atom. The van der Waals surface area contributed by atoms with Gasteiger partial charge in [0.1, 0.15) is 6.04 Å². The molecule has 6 heteroatoms. The maximum atomic E-state index is 13.3. The van der Waals surface area contributed by atoms with Crippen molar-refractivity contribution < 1.29 is 9.59 Å². The summed E-state index contributed by atoms with van der Waals surface area (Å²) < 4.78 is 0. The van der Waals surface area contributed by atoms with E-state index >= 15 is 0 Å². The SMILES string of the molecule is CCC(NC)C(=O)N[C@H]1CCC[C@H]2CC[C@@H](CSCCc3ccccc3)N2C1=O. The Balaban J connectivity index is 1.54. The highest BCUT2D eigenvalue weighted by Gasteiger charge is 2.41. The number of benzene rings is 1. The number of thioether (sulfide) groups is 1. The van der Waals surface area contributed by atoms with Gasteiger partial charge in [0.15, 0.2) is 0 Å². The van der Waals surface area contributed by atoms with Gasteiger partial charge < -0.3 is 15.5 Å². The molecule has 0 aromatic heterocycles. The zero-order chi connectivity index (χ0) is 20.6. The summed E-state index contributed by atoms with van der Waals surface area (Å²) in [4.78, 5) is 27.9. The Labute approximate surface area is 179 Å². The highest BCUT2D eigenvalue weighted by molar-refractivity contribution is 7.99. The minimum absolute atomic E-state index is 0.0558. The third-order valence-corrected chi connectivity index (χ3v) is 7.39. The summed E-state index contributed by atoms with van der Waals surface area (Å²) in [5.41, 5.74) is 1.37. The van der Waals surface area contributed by atoms with Crippen LogP contribution in [0.2, 0.25) is 0 Å². The first kappa shape index (κ1) is 22.2. The van der Waals surface area contributed by atoms with Gasteiger partial charge in [-0.3, -0.25) is 9.59 Å². The largest absolute Gasteiger partial charge is 0.343 e. The summed E-state index contributed by atoms with van der Waals surface area (Å²) in [6.07, 6.45) is 6.79. The van der Waals surface area contributed by atoms with Gasteiger partial charge in [0.2, 0.25) is 11.8 Å². The van der Waals surface area contributed by atoms with Gasteiger partial charge >= 0.3 is 0 Å². The number of likely N-dealkylation sites (N-methyl/N-ethyl adjacent to an activating group) is 1. The van der Waals surface area contributed by atoms with E-state index in [0.29, 0.717) is 12.1 Å². The van der Waals surface area contributed by atoms with Crippen LogP contribution in [0.25, 0.3) is 0 Å². The molecular weight excluding hydrogens is 382 g/mol. The van der Waals surface area contributed by atoms with Crippen molar-refractivity contribution in [2.45, 2.75) is 76.0 Å². The molecule has 2 saturated heterocycles. The number of rotatable bonds is 9. The average molecular weight is 418 g/mol. The lowest BCUT2D eigenvalue weighted by Gasteiger charge is -2.31. The minimum atomic E-state index is -0.371. The Bertz CT molecular complexity index is 665. The molecule has 5 nitrogen and oxygen atoms in total. The molecule has 0 aliphatic carbocycles. The van der Waals surface area contributed by atoms with Crippen molar-refractivity contribution in [3.63, 3.8) is 0 Å². The fourth-order valence-corrected chi connectivity index (χ4v) is 5.76.